The van der Waals surface area contributed by atoms with E-state index < -0.39 is 0 Å². The van der Waals surface area contributed by atoms with E-state index in [4.69, 9.17) is 5.73 Å². The summed E-state index contributed by atoms with van der Waals surface area (Å²) in [5, 5.41) is 1.15. The Balaban J connectivity index is 0.000000980. The van der Waals surface area contributed by atoms with Crippen LogP contribution in [0.1, 0.15) is 18.5 Å². The zero-order valence-electron chi connectivity index (χ0n) is 8.38. The van der Waals surface area contributed by atoms with Crippen LogP contribution >= 0.6 is 24.8 Å². The second-order valence-corrected chi connectivity index (χ2v) is 3.21. The minimum absolute atomic E-state index is 0. The van der Waals surface area contributed by atoms with Crippen LogP contribution < -0.4 is 5.73 Å². The molecule has 0 saturated carbocycles. The Morgan fingerprint density at radius 1 is 1.13 bits per heavy atom. The number of aromatic nitrogens is 1. The Kier molecular flexibility index (Phi) is 5.58. The molecule has 1 atom stereocenters. The van der Waals surface area contributed by atoms with Crippen molar-refractivity contribution in [3.63, 3.8) is 0 Å². The summed E-state index contributed by atoms with van der Waals surface area (Å²) in [5.74, 6) is 0. The number of hydrogen-bond acceptors (Lipinski definition) is 2. The van der Waals surface area contributed by atoms with E-state index in [9.17, 15) is 0 Å². The van der Waals surface area contributed by atoms with Crippen LogP contribution in [0.25, 0.3) is 10.9 Å². The molecular weight excluding hydrogens is 231 g/mol. The number of fused-ring (bicyclic) bond motifs is 1. The van der Waals surface area contributed by atoms with E-state index >= 15 is 0 Å². The summed E-state index contributed by atoms with van der Waals surface area (Å²) in [7, 11) is 0. The smallest absolute Gasteiger partial charge is 0.0705 e. The molecule has 1 heterocycles. The fourth-order valence-corrected chi connectivity index (χ4v) is 1.52. The van der Waals surface area contributed by atoms with Gasteiger partial charge in [0.25, 0.3) is 0 Å². The molecule has 0 unspecified atom stereocenters. The quantitative estimate of drug-likeness (QED) is 0.838. The van der Waals surface area contributed by atoms with Gasteiger partial charge in [-0.25, -0.2) is 0 Å². The van der Waals surface area contributed by atoms with Crippen molar-refractivity contribution in [3.8, 4) is 0 Å². The summed E-state index contributed by atoms with van der Waals surface area (Å²) < 4.78 is 0. The maximum Gasteiger partial charge on any atom is 0.0705 e. The first-order valence-electron chi connectivity index (χ1n) is 4.38. The van der Waals surface area contributed by atoms with Crippen molar-refractivity contribution in [2.24, 2.45) is 5.73 Å². The highest BCUT2D eigenvalue weighted by Gasteiger charge is 2.03. The monoisotopic (exact) mass is 244 g/mol. The van der Waals surface area contributed by atoms with Crippen LogP contribution in [0, 0.1) is 0 Å². The Morgan fingerprint density at radius 2 is 1.87 bits per heavy atom. The average Bonchev–Trinajstić information content (AvgIpc) is 2.17. The van der Waals surface area contributed by atoms with Gasteiger partial charge < -0.3 is 5.73 Å². The fourth-order valence-electron chi connectivity index (χ4n) is 1.52. The summed E-state index contributed by atoms with van der Waals surface area (Å²) >= 11 is 0. The number of benzene rings is 1. The predicted octanol–water partition coefficient (Wildman–Crippen LogP) is 3.10. The summed E-state index contributed by atoms with van der Waals surface area (Å²) in [4.78, 5) is 4.27. The second-order valence-electron chi connectivity index (χ2n) is 3.21. The first-order chi connectivity index (χ1) is 6.29. The molecule has 0 spiro atoms. The zero-order chi connectivity index (χ0) is 9.26. The Hall–Kier alpha value is -0.830. The largest absolute Gasteiger partial charge is 0.324 e. The first-order valence-corrected chi connectivity index (χ1v) is 4.38. The second kappa shape index (κ2) is 5.91. The SMILES string of the molecule is C[C@@H](N)c1cccc2ncccc12.Cl.Cl. The van der Waals surface area contributed by atoms with Crippen molar-refractivity contribution in [2.75, 3.05) is 0 Å². The zero-order valence-corrected chi connectivity index (χ0v) is 10.0. The van der Waals surface area contributed by atoms with Gasteiger partial charge in [0.05, 0.1) is 5.52 Å². The maximum absolute atomic E-state index is 5.85. The number of nitrogens with zero attached hydrogens (tertiary/aromatic N) is 1. The van der Waals surface area contributed by atoms with Gasteiger partial charge in [-0.05, 0) is 24.6 Å². The summed E-state index contributed by atoms with van der Waals surface area (Å²) in [5.41, 5.74) is 8.02. The van der Waals surface area contributed by atoms with Gasteiger partial charge in [0.15, 0.2) is 0 Å². The molecule has 0 saturated heterocycles. The normalized spacial score (nSPS) is 11.3. The molecule has 0 aliphatic heterocycles. The van der Waals surface area contributed by atoms with Crippen LogP contribution in [0.3, 0.4) is 0 Å². The van der Waals surface area contributed by atoms with E-state index in [0.29, 0.717) is 0 Å². The Labute approximate surface area is 102 Å². The topological polar surface area (TPSA) is 38.9 Å². The van der Waals surface area contributed by atoms with Crippen molar-refractivity contribution >= 4 is 35.7 Å². The molecule has 0 amide bonds. The Bertz CT molecular complexity index is 424. The van der Waals surface area contributed by atoms with Crippen molar-refractivity contribution in [3.05, 3.63) is 42.1 Å². The molecule has 2 aromatic rings. The molecule has 2 nitrogen and oxygen atoms in total. The summed E-state index contributed by atoms with van der Waals surface area (Å²) in [6.07, 6.45) is 1.80. The van der Waals surface area contributed by atoms with E-state index in [0.717, 1.165) is 16.5 Å². The third-order valence-corrected chi connectivity index (χ3v) is 2.17. The molecule has 0 bridgehead atoms. The molecule has 2 rings (SSSR count). The van der Waals surface area contributed by atoms with Gasteiger partial charge in [-0.1, -0.05) is 18.2 Å². The third kappa shape index (κ3) is 2.81. The minimum atomic E-state index is 0. The molecule has 1 aromatic heterocycles. The molecule has 0 aliphatic carbocycles. The molecule has 82 valence electrons. The van der Waals surface area contributed by atoms with Gasteiger partial charge in [0.1, 0.15) is 0 Å². The van der Waals surface area contributed by atoms with E-state index in [-0.39, 0.29) is 30.9 Å². The van der Waals surface area contributed by atoms with Crippen LogP contribution in [0.15, 0.2) is 36.5 Å². The van der Waals surface area contributed by atoms with Gasteiger partial charge in [-0.3, -0.25) is 4.98 Å². The first kappa shape index (κ1) is 14.2. The number of nitrogens with two attached hydrogens (primary N) is 1. The van der Waals surface area contributed by atoms with E-state index in [1.807, 2.05) is 25.1 Å². The van der Waals surface area contributed by atoms with Crippen LogP contribution in [0.2, 0.25) is 0 Å². The standard InChI is InChI=1S/C11H12N2.2ClH/c1-8(12)9-4-2-6-11-10(9)5-3-7-13-11;;/h2-8H,12H2,1H3;2*1H/t8-;;/m1../s1. The summed E-state index contributed by atoms with van der Waals surface area (Å²) in [6.45, 7) is 1.99. The van der Waals surface area contributed by atoms with Crippen LogP contribution in [0.4, 0.5) is 0 Å². The van der Waals surface area contributed by atoms with Gasteiger partial charge in [0.2, 0.25) is 0 Å². The van der Waals surface area contributed by atoms with Crippen LogP contribution in [0.5, 0.6) is 0 Å². The molecular formula is C11H14Cl2N2. The van der Waals surface area contributed by atoms with Crippen LogP contribution in [-0.4, -0.2) is 4.98 Å². The molecule has 4 heteroatoms. The van der Waals surface area contributed by atoms with E-state index in [1.54, 1.807) is 6.20 Å². The molecule has 0 aliphatic rings. The lowest BCUT2D eigenvalue weighted by Crippen LogP contribution is -2.05. The average molecular weight is 245 g/mol. The number of rotatable bonds is 1. The van der Waals surface area contributed by atoms with Crippen molar-refractivity contribution in [1.82, 2.24) is 4.98 Å². The highest BCUT2D eigenvalue weighted by molar-refractivity contribution is 5.85. The molecule has 0 radical (unpaired) electrons. The number of pyridine rings is 1. The third-order valence-electron chi connectivity index (χ3n) is 2.17. The molecule has 15 heavy (non-hydrogen) atoms. The lowest BCUT2D eigenvalue weighted by Gasteiger charge is -2.08. The lowest BCUT2D eigenvalue weighted by atomic mass is 10.0. The summed E-state index contributed by atoms with van der Waals surface area (Å²) in [6, 6.07) is 10.1. The van der Waals surface area contributed by atoms with Gasteiger partial charge in [-0.15, -0.1) is 24.8 Å². The Morgan fingerprint density at radius 3 is 2.53 bits per heavy atom. The lowest BCUT2D eigenvalue weighted by molar-refractivity contribution is 0.826. The molecule has 0 fully saturated rings. The fraction of sp³-hybridized carbons (Fsp3) is 0.182. The number of hydrogen-bond donors (Lipinski definition) is 1. The highest BCUT2D eigenvalue weighted by atomic mass is 35.5. The van der Waals surface area contributed by atoms with Crippen molar-refractivity contribution < 1.29 is 0 Å². The van der Waals surface area contributed by atoms with E-state index in [1.165, 1.54) is 0 Å². The predicted molar refractivity (Wildman–Crippen MR) is 68.8 cm³/mol. The van der Waals surface area contributed by atoms with Gasteiger partial charge in [-0.2, -0.15) is 0 Å². The van der Waals surface area contributed by atoms with Crippen molar-refractivity contribution in [2.45, 2.75) is 13.0 Å². The van der Waals surface area contributed by atoms with Gasteiger partial charge >= 0.3 is 0 Å². The van der Waals surface area contributed by atoms with E-state index in [2.05, 4.69) is 17.1 Å². The van der Waals surface area contributed by atoms with Gasteiger partial charge in [0, 0.05) is 17.6 Å². The minimum Gasteiger partial charge on any atom is -0.324 e. The maximum atomic E-state index is 5.85. The number of halogens is 2. The van der Waals surface area contributed by atoms with Crippen molar-refractivity contribution in [1.29, 1.82) is 0 Å². The molecule has 2 N–H and O–H groups in total. The highest BCUT2D eigenvalue weighted by Crippen LogP contribution is 2.20. The molecule has 1 aromatic carbocycles. The van der Waals surface area contributed by atoms with Crippen LogP contribution in [-0.2, 0) is 0 Å².